The van der Waals surface area contributed by atoms with E-state index < -0.39 is 17.6 Å². The first-order chi connectivity index (χ1) is 7.52. The Morgan fingerprint density at radius 1 is 1.62 bits per heavy atom. The van der Waals surface area contributed by atoms with Crippen molar-refractivity contribution < 1.29 is 9.90 Å². The quantitative estimate of drug-likeness (QED) is 0.709. The van der Waals surface area contributed by atoms with Crippen LogP contribution in [0.1, 0.15) is 23.9 Å². The lowest BCUT2D eigenvalue weighted by Crippen LogP contribution is -2.33. The van der Waals surface area contributed by atoms with Crippen LogP contribution in [-0.2, 0) is 17.8 Å². The predicted octanol–water partition coefficient (Wildman–Crippen LogP) is -0.0727. The highest BCUT2D eigenvalue weighted by atomic mass is 35.5. The lowest BCUT2D eigenvalue weighted by Gasteiger charge is -2.10. The number of hydrogen-bond acceptors (Lipinski definition) is 4. The third-order valence-corrected chi connectivity index (χ3v) is 2.88. The summed E-state index contributed by atoms with van der Waals surface area (Å²) in [5.74, 6) is -0.698. The van der Waals surface area contributed by atoms with E-state index in [1.54, 1.807) is 0 Å². The van der Waals surface area contributed by atoms with Crippen molar-refractivity contribution in [2.75, 3.05) is 0 Å². The Morgan fingerprint density at radius 2 is 2.31 bits per heavy atom. The van der Waals surface area contributed by atoms with E-state index in [9.17, 15) is 9.59 Å². The van der Waals surface area contributed by atoms with Crippen LogP contribution in [0, 0.1) is 0 Å². The molecule has 0 spiro atoms. The van der Waals surface area contributed by atoms with Gasteiger partial charge in [0.25, 0.3) is 5.56 Å². The maximum Gasteiger partial charge on any atom is 0.325 e. The van der Waals surface area contributed by atoms with Gasteiger partial charge in [-0.3, -0.25) is 14.2 Å². The number of halogens is 1. The van der Waals surface area contributed by atoms with Crippen molar-refractivity contribution in [2.24, 2.45) is 5.73 Å². The number of nitrogens with two attached hydrogens (primary N) is 1. The average Bonchev–Trinajstić information content (AvgIpc) is 2.65. The number of rotatable bonds is 2. The van der Waals surface area contributed by atoms with Gasteiger partial charge in [-0.25, -0.2) is 4.98 Å². The second-order valence-corrected chi connectivity index (χ2v) is 3.97. The molecule has 2 rings (SSSR count). The molecule has 6 nitrogen and oxygen atoms in total. The first kappa shape index (κ1) is 11.1. The molecule has 0 fully saturated rings. The fraction of sp³-hybridized carbons (Fsp3) is 0.444. The van der Waals surface area contributed by atoms with E-state index in [0.29, 0.717) is 18.8 Å². The molecule has 1 aliphatic rings. The molecule has 0 saturated heterocycles. The van der Waals surface area contributed by atoms with E-state index in [2.05, 4.69) is 4.98 Å². The van der Waals surface area contributed by atoms with Crippen molar-refractivity contribution in [3.63, 3.8) is 0 Å². The first-order valence-electron chi connectivity index (χ1n) is 4.80. The number of aryl methyl sites for hydroxylation is 1. The van der Waals surface area contributed by atoms with Crippen LogP contribution < -0.4 is 11.3 Å². The smallest absolute Gasteiger partial charge is 0.325 e. The highest BCUT2D eigenvalue weighted by molar-refractivity contribution is 6.30. The molecule has 0 aliphatic carbocycles. The van der Waals surface area contributed by atoms with Gasteiger partial charge in [-0.15, -0.1) is 0 Å². The normalized spacial score (nSPS) is 15.9. The van der Waals surface area contributed by atoms with Crippen LogP contribution in [0.4, 0.5) is 0 Å². The van der Waals surface area contributed by atoms with Crippen molar-refractivity contribution >= 4 is 17.6 Å². The maximum atomic E-state index is 11.9. The summed E-state index contributed by atoms with van der Waals surface area (Å²) in [5, 5.41) is 8.67. The predicted molar refractivity (Wildman–Crippen MR) is 56.4 cm³/mol. The molecule has 1 aliphatic heterocycles. The Morgan fingerprint density at radius 3 is 2.94 bits per heavy atom. The molecular weight excluding hydrogens is 234 g/mol. The van der Waals surface area contributed by atoms with Crippen LogP contribution in [0.5, 0.6) is 0 Å². The fourth-order valence-corrected chi connectivity index (χ4v) is 2.08. The highest BCUT2D eigenvalue weighted by Gasteiger charge is 2.26. The van der Waals surface area contributed by atoms with Crippen LogP contribution in [0.3, 0.4) is 0 Å². The number of aliphatic carboxylic acids is 1. The zero-order valence-corrected chi connectivity index (χ0v) is 9.07. The molecule has 0 radical (unpaired) electrons. The number of carboxylic acid groups (broad SMARTS) is 1. The third kappa shape index (κ3) is 1.60. The molecule has 1 unspecified atom stereocenters. The molecule has 16 heavy (non-hydrogen) atoms. The van der Waals surface area contributed by atoms with Crippen LogP contribution in [0.15, 0.2) is 4.79 Å². The van der Waals surface area contributed by atoms with Crippen LogP contribution >= 0.6 is 11.6 Å². The molecule has 1 aromatic rings. The molecule has 2 heterocycles. The lowest BCUT2D eigenvalue weighted by molar-refractivity contribution is -0.138. The number of carbonyl (C=O) groups is 1. The largest absolute Gasteiger partial charge is 0.480 e. The Balaban J connectivity index is 2.63. The Kier molecular flexibility index (Phi) is 2.69. The van der Waals surface area contributed by atoms with Crippen molar-refractivity contribution in [1.82, 2.24) is 9.55 Å². The molecule has 7 heteroatoms. The number of carboxylic acids is 1. The summed E-state index contributed by atoms with van der Waals surface area (Å²) < 4.78 is 1.43. The van der Waals surface area contributed by atoms with E-state index in [1.807, 2.05) is 0 Å². The second-order valence-electron chi connectivity index (χ2n) is 3.61. The van der Waals surface area contributed by atoms with Gasteiger partial charge in [-0.1, -0.05) is 11.6 Å². The van der Waals surface area contributed by atoms with Gasteiger partial charge in [0.1, 0.15) is 17.0 Å². The summed E-state index contributed by atoms with van der Waals surface area (Å²) in [6.45, 7) is 0.539. The minimum absolute atomic E-state index is 0.104. The van der Waals surface area contributed by atoms with Crippen molar-refractivity contribution in [3.8, 4) is 0 Å². The monoisotopic (exact) mass is 243 g/mol. The minimum atomic E-state index is -1.43. The van der Waals surface area contributed by atoms with Gasteiger partial charge >= 0.3 is 5.97 Å². The van der Waals surface area contributed by atoms with Gasteiger partial charge in [0.15, 0.2) is 0 Å². The molecule has 0 saturated carbocycles. The van der Waals surface area contributed by atoms with E-state index in [1.165, 1.54) is 4.57 Å². The molecule has 0 bridgehead atoms. The molecule has 0 amide bonds. The van der Waals surface area contributed by atoms with Crippen LogP contribution in [0.2, 0.25) is 5.15 Å². The Labute approximate surface area is 95.7 Å². The van der Waals surface area contributed by atoms with E-state index in [-0.39, 0.29) is 10.7 Å². The average molecular weight is 244 g/mol. The standard InChI is InChI=1S/C9H10ClN3O3/c10-7-5(6(11)9(15)16)8(14)13-3-1-2-4(13)12-7/h6H,1-3,11H2,(H,15,16). The number of aromatic nitrogens is 2. The Hall–Kier alpha value is -1.40. The van der Waals surface area contributed by atoms with Gasteiger partial charge in [-0.05, 0) is 6.42 Å². The number of nitrogens with zero attached hydrogens (tertiary/aromatic N) is 2. The van der Waals surface area contributed by atoms with Gasteiger partial charge in [0, 0.05) is 13.0 Å². The SMILES string of the molecule is NC(C(=O)O)c1c(Cl)nc2n(c1=O)CCC2. The van der Waals surface area contributed by atoms with Gasteiger partial charge < -0.3 is 10.8 Å². The van der Waals surface area contributed by atoms with E-state index in [4.69, 9.17) is 22.4 Å². The van der Waals surface area contributed by atoms with Gasteiger partial charge in [-0.2, -0.15) is 0 Å². The number of fused-ring (bicyclic) bond motifs is 1. The van der Waals surface area contributed by atoms with Crippen molar-refractivity contribution in [2.45, 2.75) is 25.4 Å². The van der Waals surface area contributed by atoms with Crippen LogP contribution in [-0.4, -0.2) is 20.6 Å². The Bertz CT molecular complexity index is 511. The zero-order valence-electron chi connectivity index (χ0n) is 8.31. The van der Waals surface area contributed by atoms with Gasteiger partial charge in [0.05, 0.1) is 5.56 Å². The molecule has 1 atom stereocenters. The first-order valence-corrected chi connectivity index (χ1v) is 5.17. The summed E-state index contributed by atoms with van der Waals surface area (Å²) >= 11 is 5.78. The third-order valence-electron chi connectivity index (χ3n) is 2.60. The molecular formula is C9H10ClN3O3. The van der Waals surface area contributed by atoms with E-state index in [0.717, 1.165) is 6.42 Å². The molecule has 86 valence electrons. The fourth-order valence-electron chi connectivity index (χ4n) is 1.79. The van der Waals surface area contributed by atoms with E-state index >= 15 is 0 Å². The maximum absolute atomic E-state index is 11.9. The topological polar surface area (TPSA) is 98.2 Å². The summed E-state index contributed by atoms with van der Waals surface area (Å²) in [7, 11) is 0. The summed E-state index contributed by atoms with van der Waals surface area (Å²) in [4.78, 5) is 26.7. The lowest BCUT2D eigenvalue weighted by atomic mass is 10.1. The van der Waals surface area contributed by atoms with Gasteiger partial charge in [0.2, 0.25) is 0 Å². The zero-order chi connectivity index (χ0) is 11.9. The molecule has 1 aromatic heterocycles. The van der Waals surface area contributed by atoms with Crippen molar-refractivity contribution in [1.29, 1.82) is 0 Å². The van der Waals surface area contributed by atoms with Crippen molar-refractivity contribution in [3.05, 3.63) is 26.9 Å². The highest BCUT2D eigenvalue weighted by Crippen LogP contribution is 2.19. The number of hydrogen-bond donors (Lipinski definition) is 2. The second kappa shape index (κ2) is 3.88. The van der Waals surface area contributed by atoms with Crippen LogP contribution in [0.25, 0.3) is 0 Å². The summed E-state index contributed by atoms with van der Waals surface area (Å²) in [5.41, 5.74) is 4.81. The summed E-state index contributed by atoms with van der Waals surface area (Å²) in [6, 6.07) is -1.43. The molecule has 0 aromatic carbocycles. The molecule has 3 N–H and O–H groups in total. The minimum Gasteiger partial charge on any atom is -0.480 e. The summed E-state index contributed by atoms with van der Waals surface area (Å²) in [6.07, 6.45) is 1.49.